The van der Waals surface area contributed by atoms with Crippen LogP contribution in [0.15, 0.2) is 61.1 Å². The Morgan fingerprint density at radius 3 is 2.30 bits per heavy atom. The van der Waals surface area contributed by atoms with Gasteiger partial charge in [0.25, 0.3) is 0 Å². The van der Waals surface area contributed by atoms with Crippen LogP contribution in [0.5, 0.6) is 5.75 Å². The monoisotopic (exact) mass is 594 g/mol. The number of hydrogen-bond acceptors (Lipinski definition) is 5. The fourth-order valence-electron chi connectivity index (χ4n) is 4.58. The molecule has 9 heteroatoms. The van der Waals surface area contributed by atoms with Gasteiger partial charge in [0.05, 0.1) is 17.6 Å². The van der Waals surface area contributed by atoms with E-state index in [0.29, 0.717) is 17.6 Å². The van der Waals surface area contributed by atoms with Crippen molar-refractivity contribution in [2.75, 3.05) is 0 Å². The largest absolute Gasteiger partial charge is 0.435 e. The Labute approximate surface area is 253 Å². The van der Waals surface area contributed by atoms with Gasteiger partial charge in [-0.2, -0.15) is 8.78 Å². The second-order valence-corrected chi connectivity index (χ2v) is 10.6. The third kappa shape index (κ3) is 11.6. The molecule has 2 heterocycles. The number of benzene rings is 2. The van der Waals surface area contributed by atoms with Gasteiger partial charge in [0.15, 0.2) is 5.65 Å². The minimum Gasteiger partial charge on any atom is -0.435 e. The van der Waals surface area contributed by atoms with Crippen molar-refractivity contribution in [3.63, 3.8) is 0 Å². The van der Waals surface area contributed by atoms with E-state index < -0.39 is 12.5 Å². The third-order valence-electron chi connectivity index (χ3n) is 6.69. The summed E-state index contributed by atoms with van der Waals surface area (Å²) in [6, 6.07) is 11.9. The maximum atomic E-state index is 12.3. The molecule has 0 atom stereocenters. The van der Waals surface area contributed by atoms with Gasteiger partial charge in [-0.05, 0) is 61.2 Å². The van der Waals surface area contributed by atoms with Crippen LogP contribution in [-0.2, 0) is 11.2 Å². The maximum Gasteiger partial charge on any atom is 0.387 e. The number of carbonyl (C=O) groups excluding carboxylic acids is 2. The Morgan fingerprint density at radius 1 is 1.05 bits per heavy atom. The highest BCUT2D eigenvalue weighted by Gasteiger charge is 2.13. The van der Waals surface area contributed by atoms with Gasteiger partial charge in [0.1, 0.15) is 12.0 Å². The van der Waals surface area contributed by atoms with Gasteiger partial charge >= 0.3 is 6.61 Å². The highest BCUT2D eigenvalue weighted by Crippen LogP contribution is 2.26. The number of nitrogens with two attached hydrogens (primary N) is 1. The van der Waals surface area contributed by atoms with Gasteiger partial charge in [-0.3, -0.25) is 14.2 Å². The van der Waals surface area contributed by atoms with Crippen molar-refractivity contribution < 1.29 is 23.1 Å². The number of primary amides is 1. The Bertz CT molecular complexity index is 1420. The van der Waals surface area contributed by atoms with Crippen molar-refractivity contribution in [1.29, 1.82) is 0 Å². The van der Waals surface area contributed by atoms with Crippen molar-refractivity contribution in [3.8, 4) is 17.0 Å². The van der Waals surface area contributed by atoms with Crippen LogP contribution in [0, 0.1) is 12.8 Å². The number of ether oxygens (including phenoxy) is 1. The summed E-state index contributed by atoms with van der Waals surface area (Å²) in [6.45, 7) is 7.30. The van der Waals surface area contributed by atoms with Crippen LogP contribution < -0.4 is 10.5 Å². The first-order valence-corrected chi connectivity index (χ1v) is 14.8. The van der Waals surface area contributed by atoms with E-state index in [0.717, 1.165) is 40.3 Å². The Balaban J connectivity index is 0.000000420. The van der Waals surface area contributed by atoms with Crippen LogP contribution in [0.1, 0.15) is 93.4 Å². The normalized spacial score (nSPS) is 10.6. The quantitative estimate of drug-likeness (QED) is 0.132. The Kier molecular flexibility index (Phi) is 15.0. The van der Waals surface area contributed by atoms with Gasteiger partial charge in [-0.25, -0.2) is 4.98 Å². The van der Waals surface area contributed by atoms with E-state index in [-0.39, 0.29) is 5.75 Å². The van der Waals surface area contributed by atoms with Crippen molar-refractivity contribution in [2.24, 2.45) is 11.7 Å². The SMILES string of the molecule is CC=O.CCCCCCCC(C)C.Cc1cc(Cc2nccn3c(-c4ccc(OC(F)F)cc4)cnc23)ccc1C(N)=O. The topological polar surface area (TPSA) is 99.6 Å². The molecule has 0 saturated carbocycles. The molecule has 0 radical (unpaired) electrons. The van der Waals surface area contributed by atoms with E-state index in [1.807, 2.05) is 23.5 Å². The molecule has 0 spiro atoms. The molecule has 7 nitrogen and oxygen atoms in total. The summed E-state index contributed by atoms with van der Waals surface area (Å²) < 4.78 is 31.0. The van der Waals surface area contributed by atoms with E-state index in [4.69, 9.17) is 10.5 Å². The molecule has 2 N–H and O–H groups in total. The fraction of sp³-hybridized carbons (Fsp3) is 0.412. The molecule has 0 aliphatic rings. The maximum absolute atomic E-state index is 12.3. The lowest BCUT2D eigenvalue weighted by molar-refractivity contribution is -0.106. The van der Waals surface area contributed by atoms with Crippen LogP contribution in [0.4, 0.5) is 8.78 Å². The van der Waals surface area contributed by atoms with Gasteiger partial charge in [0.2, 0.25) is 5.91 Å². The Morgan fingerprint density at radius 2 is 1.72 bits per heavy atom. The van der Waals surface area contributed by atoms with E-state index in [2.05, 4.69) is 35.5 Å². The molecular formula is C34H44F2N4O3. The number of aromatic nitrogens is 3. The molecule has 0 saturated heterocycles. The lowest BCUT2D eigenvalue weighted by Crippen LogP contribution is -2.12. The zero-order chi connectivity index (χ0) is 31.8. The number of unbranched alkanes of at least 4 members (excludes halogenated alkanes) is 4. The molecule has 1 amide bonds. The van der Waals surface area contributed by atoms with Crippen LogP contribution >= 0.6 is 0 Å². The van der Waals surface area contributed by atoms with Gasteiger partial charge < -0.3 is 15.3 Å². The predicted molar refractivity (Wildman–Crippen MR) is 168 cm³/mol. The van der Waals surface area contributed by atoms with E-state index in [9.17, 15) is 13.6 Å². The molecule has 4 rings (SSSR count). The number of alkyl halides is 2. The predicted octanol–water partition coefficient (Wildman–Crippen LogP) is 8.20. The number of aryl methyl sites for hydroxylation is 1. The lowest BCUT2D eigenvalue weighted by atomic mass is 10.0. The number of rotatable bonds is 12. The number of carbonyl (C=O) groups is 2. The van der Waals surface area contributed by atoms with Crippen LogP contribution in [0.3, 0.4) is 0 Å². The van der Waals surface area contributed by atoms with E-state index in [1.54, 1.807) is 36.8 Å². The molecule has 4 aromatic rings. The van der Waals surface area contributed by atoms with E-state index >= 15 is 0 Å². The first-order chi connectivity index (χ1) is 20.6. The fourth-order valence-corrected chi connectivity index (χ4v) is 4.58. The van der Waals surface area contributed by atoms with Crippen LogP contribution in [0.2, 0.25) is 0 Å². The number of aldehydes is 1. The number of nitrogens with zero attached hydrogens (tertiary/aromatic N) is 3. The van der Waals surface area contributed by atoms with Crippen LogP contribution in [-0.4, -0.2) is 33.2 Å². The van der Waals surface area contributed by atoms with Crippen molar-refractivity contribution in [2.45, 2.75) is 86.2 Å². The minimum absolute atomic E-state index is 0.0969. The second-order valence-electron chi connectivity index (χ2n) is 10.6. The molecule has 2 aromatic heterocycles. The Hall–Kier alpha value is -4.14. The van der Waals surface area contributed by atoms with Crippen molar-refractivity contribution in [1.82, 2.24) is 14.4 Å². The number of amides is 1. The molecule has 0 aliphatic heterocycles. The summed E-state index contributed by atoms with van der Waals surface area (Å²) in [5.74, 6) is 0.545. The average Bonchev–Trinajstić information content (AvgIpc) is 3.39. The molecular weight excluding hydrogens is 550 g/mol. The summed E-state index contributed by atoms with van der Waals surface area (Å²) in [4.78, 5) is 29.2. The molecule has 43 heavy (non-hydrogen) atoms. The molecule has 0 fully saturated rings. The second kappa shape index (κ2) is 18.4. The lowest BCUT2D eigenvalue weighted by Gasteiger charge is -2.08. The number of fused-ring (bicyclic) bond motifs is 1. The molecule has 232 valence electrons. The smallest absolute Gasteiger partial charge is 0.387 e. The first kappa shape index (κ1) is 35.1. The first-order valence-electron chi connectivity index (χ1n) is 14.8. The zero-order valence-corrected chi connectivity index (χ0v) is 25.9. The van der Waals surface area contributed by atoms with Crippen LogP contribution in [0.25, 0.3) is 16.9 Å². The summed E-state index contributed by atoms with van der Waals surface area (Å²) >= 11 is 0. The highest BCUT2D eigenvalue weighted by atomic mass is 19.3. The summed E-state index contributed by atoms with van der Waals surface area (Å²) in [6.07, 6.45) is 15.0. The van der Waals surface area contributed by atoms with Gasteiger partial charge in [-0.1, -0.05) is 71.4 Å². The number of halogens is 2. The van der Waals surface area contributed by atoms with E-state index in [1.165, 1.54) is 57.6 Å². The molecule has 0 aliphatic carbocycles. The average molecular weight is 595 g/mol. The van der Waals surface area contributed by atoms with Gasteiger partial charge in [-0.15, -0.1) is 0 Å². The minimum atomic E-state index is -2.86. The molecule has 0 unspecified atom stereocenters. The third-order valence-corrected chi connectivity index (χ3v) is 6.69. The summed E-state index contributed by atoms with van der Waals surface area (Å²) in [5, 5.41) is 0. The number of hydrogen-bond donors (Lipinski definition) is 1. The molecule has 2 aromatic carbocycles. The number of imidazole rings is 1. The van der Waals surface area contributed by atoms with Crippen molar-refractivity contribution in [3.05, 3.63) is 83.4 Å². The molecule has 0 bridgehead atoms. The zero-order valence-electron chi connectivity index (χ0n) is 25.9. The standard InChI is InChI=1S/C22H18F2N4O2.C10H22.C2H4O/c1-13-10-14(2-7-17(13)20(25)29)11-18-21-27-12-19(28(21)9-8-26-18)15-3-5-16(6-4-15)30-22(23)24;1-4-5-6-7-8-9-10(2)3;1-2-3/h2-10,12,22H,11H2,1H3,(H2,25,29);10H,4-9H2,1-3H3;2H,1H3. The van der Waals surface area contributed by atoms with Gasteiger partial charge in [0, 0.05) is 29.9 Å². The summed E-state index contributed by atoms with van der Waals surface area (Å²) in [7, 11) is 0. The van der Waals surface area contributed by atoms with Crippen molar-refractivity contribution >= 4 is 17.8 Å². The summed E-state index contributed by atoms with van der Waals surface area (Å²) in [5.41, 5.74) is 10.7. The highest BCUT2D eigenvalue weighted by molar-refractivity contribution is 5.94.